The second-order valence-corrected chi connectivity index (χ2v) is 3.23. The third kappa shape index (κ3) is 2.79. The summed E-state index contributed by atoms with van der Waals surface area (Å²) in [4.78, 5) is 4.04. The molecule has 2 N–H and O–H groups in total. The van der Waals surface area contributed by atoms with Crippen LogP contribution in [0.5, 0.6) is 5.75 Å². The minimum absolute atomic E-state index is 0.198. The molecular weight excluding hydrogens is 223 g/mol. The SMILES string of the molecule is COc1ccc(N=C(N)CCl)cc1Cl. The fraction of sp³-hybridized carbons (Fsp3) is 0.222. The molecule has 0 aliphatic rings. The Morgan fingerprint density at radius 1 is 1.57 bits per heavy atom. The van der Waals surface area contributed by atoms with E-state index in [9.17, 15) is 0 Å². The molecule has 0 amide bonds. The van der Waals surface area contributed by atoms with E-state index in [2.05, 4.69) is 4.99 Å². The van der Waals surface area contributed by atoms with Crippen molar-refractivity contribution in [2.75, 3.05) is 13.0 Å². The topological polar surface area (TPSA) is 47.6 Å². The van der Waals surface area contributed by atoms with E-state index in [1.54, 1.807) is 25.3 Å². The van der Waals surface area contributed by atoms with Crippen molar-refractivity contribution in [3.63, 3.8) is 0 Å². The summed E-state index contributed by atoms with van der Waals surface area (Å²) in [5.74, 6) is 1.16. The van der Waals surface area contributed by atoms with E-state index in [-0.39, 0.29) is 5.88 Å². The molecule has 0 saturated heterocycles. The second kappa shape index (κ2) is 5.08. The maximum atomic E-state index is 5.89. The molecule has 5 heteroatoms. The van der Waals surface area contributed by atoms with Gasteiger partial charge in [-0.25, -0.2) is 4.99 Å². The van der Waals surface area contributed by atoms with Gasteiger partial charge in [0.2, 0.25) is 0 Å². The Morgan fingerprint density at radius 3 is 2.79 bits per heavy atom. The summed E-state index contributed by atoms with van der Waals surface area (Å²) in [6.45, 7) is 0. The molecule has 76 valence electrons. The van der Waals surface area contributed by atoms with Crippen molar-refractivity contribution >= 4 is 34.7 Å². The lowest BCUT2D eigenvalue weighted by molar-refractivity contribution is 0.415. The van der Waals surface area contributed by atoms with Gasteiger partial charge in [-0.3, -0.25) is 0 Å². The summed E-state index contributed by atoms with van der Waals surface area (Å²) in [6, 6.07) is 5.15. The molecule has 0 radical (unpaired) electrons. The van der Waals surface area contributed by atoms with Crippen molar-refractivity contribution in [1.29, 1.82) is 0 Å². The Kier molecular flexibility index (Phi) is 4.04. The summed E-state index contributed by atoms with van der Waals surface area (Å²) in [5, 5.41) is 0.496. The average molecular weight is 233 g/mol. The average Bonchev–Trinajstić information content (AvgIpc) is 2.18. The van der Waals surface area contributed by atoms with E-state index in [0.29, 0.717) is 22.3 Å². The summed E-state index contributed by atoms with van der Waals surface area (Å²) in [6.07, 6.45) is 0. The van der Waals surface area contributed by atoms with Gasteiger partial charge >= 0.3 is 0 Å². The van der Waals surface area contributed by atoms with Crippen molar-refractivity contribution in [2.24, 2.45) is 10.7 Å². The number of nitrogens with two attached hydrogens (primary N) is 1. The zero-order valence-electron chi connectivity index (χ0n) is 7.63. The normalized spacial score (nSPS) is 11.5. The van der Waals surface area contributed by atoms with E-state index in [0.717, 1.165) is 0 Å². The number of nitrogens with zero attached hydrogens (tertiary/aromatic N) is 1. The molecule has 14 heavy (non-hydrogen) atoms. The Bertz CT molecular complexity index is 353. The first-order valence-corrected chi connectivity index (χ1v) is 4.81. The maximum Gasteiger partial charge on any atom is 0.137 e. The van der Waals surface area contributed by atoms with Crippen molar-refractivity contribution in [1.82, 2.24) is 0 Å². The lowest BCUT2D eigenvalue weighted by Crippen LogP contribution is -2.12. The number of methoxy groups -OCH3 is 1. The lowest BCUT2D eigenvalue weighted by atomic mass is 10.3. The van der Waals surface area contributed by atoms with Crippen molar-refractivity contribution < 1.29 is 4.74 Å². The van der Waals surface area contributed by atoms with Gasteiger partial charge in [0.15, 0.2) is 0 Å². The number of aliphatic imine (C=N–C) groups is 1. The first-order valence-electron chi connectivity index (χ1n) is 3.90. The van der Waals surface area contributed by atoms with E-state index >= 15 is 0 Å². The number of rotatable bonds is 3. The summed E-state index contributed by atoms with van der Waals surface area (Å²) >= 11 is 11.4. The third-order valence-corrected chi connectivity index (χ3v) is 2.11. The van der Waals surface area contributed by atoms with Gasteiger partial charge in [-0.2, -0.15) is 0 Å². The van der Waals surface area contributed by atoms with Crippen molar-refractivity contribution in [2.45, 2.75) is 0 Å². The molecule has 0 spiro atoms. The molecule has 0 unspecified atom stereocenters. The fourth-order valence-electron chi connectivity index (χ4n) is 0.921. The molecule has 0 aliphatic heterocycles. The first-order chi connectivity index (χ1) is 6.67. The number of amidine groups is 1. The van der Waals surface area contributed by atoms with Crippen LogP contribution in [0.1, 0.15) is 0 Å². The Balaban J connectivity index is 2.97. The highest BCUT2D eigenvalue weighted by Crippen LogP contribution is 2.28. The first kappa shape index (κ1) is 11.1. The van der Waals surface area contributed by atoms with Gasteiger partial charge in [0.05, 0.1) is 23.7 Å². The predicted octanol–water partition coefficient (Wildman–Crippen LogP) is 2.58. The van der Waals surface area contributed by atoms with Gasteiger partial charge in [0.25, 0.3) is 0 Å². The van der Waals surface area contributed by atoms with Crippen LogP contribution in [0.3, 0.4) is 0 Å². The largest absolute Gasteiger partial charge is 0.495 e. The summed E-state index contributed by atoms with van der Waals surface area (Å²) in [5.41, 5.74) is 6.13. The molecule has 0 saturated carbocycles. The Hall–Kier alpha value is -0.930. The highest BCUT2D eigenvalue weighted by molar-refractivity contribution is 6.32. The molecule has 3 nitrogen and oxygen atoms in total. The predicted molar refractivity (Wildman–Crippen MR) is 60.0 cm³/mol. The number of hydrogen-bond acceptors (Lipinski definition) is 2. The van der Waals surface area contributed by atoms with Crippen LogP contribution in [0.15, 0.2) is 23.2 Å². The van der Waals surface area contributed by atoms with Crippen LogP contribution in [0, 0.1) is 0 Å². The maximum absolute atomic E-state index is 5.89. The lowest BCUT2D eigenvalue weighted by Gasteiger charge is -2.03. The number of benzene rings is 1. The zero-order chi connectivity index (χ0) is 10.6. The van der Waals surface area contributed by atoms with Crippen molar-refractivity contribution in [3.8, 4) is 5.75 Å². The quantitative estimate of drug-likeness (QED) is 0.495. The Morgan fingerprint density at radius 2 is 2.29 bits per heavy atom. The van der Waals surface area contributed by atoms with Gasteiger partial charge < -0.3 is 10.5 Å². The zero-order valence-corrected chi connectivity index (χ0v) is 9.14. The highest BCUT2D eigenvalue weighted by atomic mass is 35.5. The molecular formula is C9H10Cl2N2O. The van der Waals surface area contributed by atoms with Crippen LogP contribution in [-0.4, -0.2) is 18.8 Å². The minimum Gasteiger partial charge on any atom is -0.495 e. The van der Waals surface area contributed by atoms with Crippen LogP contribution < -0.4 is 10.5 Å². The number of alkyl halides is 1. The monoisotopic (exact) mass is 232 g/mol. The van der Waals surface area contributed by atoms with Crippen LogP contribution in [-0.2, 0) is 0 Å². The minimum atomic E-state index is 0.198. The van der Waals surface area contributed by atoms with Crippen LogP contribution in [0.2, 0.25) is 5.02 Å². The van der Waals surface area contributed by atoms with Crippen LogP contribution in [0.4, 0.5) is 5.69 Å². The van der Waals surface area contributed by atoms with E-state index < -0.39 is 0 Å². The molecule has 0 aliphatic carbocycles. The third-order valence-electron chi connectivity index (χ3n) is 1.54. The molecule has 1 aromatic rings. The number of halogens is 2. The van der Waals surface area contributed by atoms with Crippen LogP contribution in [0.25, 0.3) is 0 Å². The molecule has 0 bridgehead atoms. The van der Waals surface area contributed by atoms with E-state index in [1.807, 2.05) is 0 Å². The highest BCUT2D eigenvalue weighted by Gasteiger charge is 2.00. The molecule has 0 aromatic heterocycles. The van der Waals surface area contributed by atoms with E-state index in [4.69, 9.17) is 33.7 Å². The van der Waals surface area contributed by atoms with Gasteiger partial charge in [-0.05, 0) is 18.2 Å². The number of hydrogen-bond donors (Lipinski definition) is 1. The second-order valence-electron chi connectivity index (χ2n) is 2.56. The molecule has 0 atom stereocenters. The standard InChI is InChI=1S/C9H10Cl2N2O/c1-14-8-3-2-6(4-7(8)11)13-9(12)5-10/h2-4H,5H2,1H3,(H2,12,13). The van der Waals surface area contributed by atoms with Gasteiger partial charge in [0, 0.05) is 0 Å². The van der Waals surface area contributed by atoms with E-state index in [1.165, 1.54) is 0 Å². The Labute approximate surface area is 92.5 Å². The van der Waals surface area contributed by atoms with Gasteiger partial charge in [-0.15, -0.1) is 11.6 Å². The molecule has 0 heterocycles. The van der Waals surface area contributed by atoms with Gasteiger partial charge in [0.1, 0.15) is 11.6 Å². The smallest absolute Gasteiger partial charge is 0.137 e. The van der Waals surface area contributed by atoms with Crippen LogP contribution >= 0.6 is 23.2 Å². The fourth-order valence-corrected chi connectivity index (χ4v) is 1.23. The number of ether oxygens (including phenoxy) is 1. The molecule has 1 aromatic carbocycles. The summed E-state index contributed by atoms with van der Waals surface area (Å²) < 4.78 is 4.99. The summed E-state index contributed by atoms with van der Waals surface area (Å²) in [7, 11) is 1.55. The van der Waals surface area contributed by atoms with Crippen molar-refractivity contribution in [3.05, 3.63) is 23.2 Å². The molecule has 1 rings (SSSR count). The molecule has 0 fully saturated rings. The van der Waals surface area contributed by atoms with Gasteiger partial charge in [-0.1, -0.05) is 11.6 Å².